The van der Waals surface area contributed by atoms with E-state index in [4.69, 9.17) is 0 Å². The Bertz CT molecular complexity index is 332. The summed E-state index contributed by atoms with van der Waals surface area (Å²) in [5, 5.41) is 7.84. The minimum absolute atomic E-state index is 0.864. The van der Waals surface area contributed by atoms with Crippen molar-refractivity contribution in [2.45, 2.75) is 39.0 Å². The number of nitrogens with zero attached hydrogens (tertiary/aromatic N) is 2. The molecule has 0 aromatic carbocycles. The first kappa shape index (κ1) is 12.6. The molecule has 96 valence electrons. The molecule has 3 nitrogen and oxygen atoms in total. The molecule has 1 aliphatic carbocycles. The van der Waals surface area contributed by atoms with Gasteiger partial charge in [-0.25, -0.2) is 0 Å². The van der Waals surface area contributed by atoms with Gasteiger partial charge in [0.2, 0.25) is 0 Å². The standard InChI is InChI=1S/C14H25N3/c1-3-7-15-10-14-6-4-5-13(14)8-12-9-16-17(2)11-12/h9,11,13-15H,3-8,10H2,1-2H3. The third-order valence-corrected chi connectivity index (χ3v) is 3.91. The fraction of sp³-hybridized carbons (Fsp3) is 0.786. The largest absolute Gasteiger partial charge is 0.316 e. The molecule has 0 saturated heterocycles. The Morgan fingerprint density at radius 3 is 2.94 bits per heavy atom. The van der Waals surface area contributed by atoms with Crippen LogP contribution in [0.2, 0.25) is 0 Å². The summed E-state index contributed by atoms with van der Waals surface area (Å²) in [6.45, 7) is 4.60. The Morgan fingerprint density at radius 1 is 1.41 bits per heavy atom. The molecule has 1 saturated carbocycles. The van der Waals surface area contributed by atoms with Crippen molar-refractivity contribution in [1.29, 1.82) is 0 Å². The number of aromatic nitrogens is 2. The SMILES string of the molecule is CCCNCC1CCCC1Cc1cnn(C)c1. The lowest BCUT2D eigenvalue weighted by atomic mass is 9.90. The smallest absolute Gasteiger partial charge is 0.0521 e. The van der Waals surface area contributed by atoms with Gasteiger partial charge in [-0.2, -0.15) is 5.10 Å². The van der Waals surface area contributed by atoms with E-state index in [0.717, 1.165) is 18.4 Å². The Kier molecular flexibility index (Phi) is 4.60. The lowest BCUT2D eigenvalue weighted by molar-refractivity contribution is 0.365. The van der Waals surface area contributed by atoms with Gasteiger partial charge in [0.05, 0.1) is 6.20 Å². The predicted molar refractivity (Wildman–Crippen MR) is 70.9 cm³/mol. The molecule has 0 aliphatic heterocycles. The summed E-state index contributed by atoms with van der Waals surface area (Å²) < 4.78 is 1.91. The second-order valence-corrected chi connectivity index (χ2v) is 5.38. The van der Waals surface area contributed by atoms with Crippen molar-refractivity contribution in [3.05, 3.63) is 18.0 Å². The van der Waals surface area contributed by atoms with Crippen LogP contribution in [-0.4, -0.2) is 22.9 Å². The van der Waals surface area contributed by atoms with Gasteiger partial charge in [-0.1, -0.05) is 13.3 Å². The summed E-state index contributed by atoms with van der Waals surface area (Å²) in [6.07, 6.45) is 10.8. The van der Waals surface area contributed by atoms with E-state index in [1.165, 1.54) is 44.2 Å². The van der Waals surface area contributed by atoms with Crippen LogP contribution in [0.4, 0.5) is 0 Å². The van der Waals surface area contributed by atoms with Crippen molar-refractivity contribution < 1.29 is 0 Å². The molecule has 2 atom stereocenters. The van der Waals surface area contributed by atoms with E-state index in [2.05, 4.69) is 23.5 Å². The summed E-state index contributed by atoms with van der Waals surface area (Å²) in [7, 11) is 2.00. The van der Waals surface area contributed by atoms with E-state index in [1.807, 2.05) is 17.9 Å². The van der Waals surface area contributed by atoms with Crippen molar-refractivity contribution >= 4 is 0 Å². The Labute approximate surface area is 105 Å². The molecule has 1 heterocycles. The summed E-state index contributed by atoms with van der Waals surface area (Å²) in [5.74, 6) is 1.74. The number of hydrogen-bond donors (Lipinski definition) is 1. The van der Waals surface area contributed by atoms with E-state index < -0.39 is 0 Å². The van der Waals surface area contributed by atoms with Crippen LogP contribution in [0.25, 0.3) is 0 Å². The molecule has 1 aromatic rings. The summed E-state index contributed by atoms with van der Waals surface area (Å²) >= 11 is 0. The first-order valence-corrected chi connectivity index (χ1v) is 6.98. The predicted octanol–water partition coefficient (Wildman–Crippen LogP) is 2.38. The van der Waals surface area contributed by atoms with Gasteiger partial charge in [0.15, 0.2) is 0 Å². The quantitative estimate of drug-likeness (QED) is 0.767. The molecule has 1 N–H and O–H groups in total. The molecule has 1 aliphatic rings. The fourth-order valence-corrected chi connectivity index (χ4v) is 3.00. The van der Waals surface area contributed by atoms with Crippen molar-refractivity contribution in [3.8, 4) is 0 Å². The highest BCUT2D eigenvalue weighted by molar-refractivity contribution is 5.06. The molecule has 0 amide bonds. The highest BCUT2D eigenvalue weighted by Crippen LogP contribution is 2.33. The summed E-state index contributed by atoms with van der Waals surface area (Å²) in [5.41, 5.74) is 1.40. The van der Waals surface area contributed by atoms with Gasteiger partial charge in [0, 0.05) is 13.2 Å². The molecule has 2 unspecified atom stereocenters. The fourth-order valence-electron chi connectivity index (χ4n) is 3.00. The molecular formula is C14H25N3. The molecule has 1 fully saturated rings. The summed E-state index contributed by atoms with van der Waals surface area (Å²) in [4.78, 5) is 0. The maximum atomic E-state index is 4.26. The van der Waals surface area contributed by atoms with Gasteiger partial charge >= 0.3 is 0 Å². The van der Waals surface area contributed by atoms with Gasteiger partial charge in [-0.15, -0.1) is 0 Å². The molecule has 3 heteroatoms. The van der Waals surface area contributed by atoms with E-state index in [1.54, 1.807) is 0 Å². The third-order valence-electron chi connectivity index (χ3n) is 3.91. The van der Waals surface area contributed by atoms with Crippen molar-refractivity contribution in [1.82, 2.24) is 15.1 Å². The lowest BCUT2D eigenvalue weighted by Gasteiger charge is -2.19. The Balaban J connectivity index is 1.82. The molecule has 17 heavy (non-hydrogen) atoms. The molecule has 0 bridgehead atoms. The number of rotatable bonds is 6. The number of hydrogen-bond acceptors (Lipinski definition) is 2. The van der Waals surface area contributed by atoms with Crippen LogP contribution in [0.15, 0.2) is 12.4 Å². The highest BCUT2D eigenvalue weighted by atomic mass is 15.2. The van der Waals surface area contributed by atoms with E-state index in [9.17, 15) is 0 Å². The number of aryl methyl sites for hydroxylation is 1. The van der Waals surface area contributed by atoms with Crippen LogP contribution in [0.3, 0.4) is 0 Å². The monoisotopic (exact) mass is 235 g/mol. The van der Waals surface area contributed by atoms with E-state index in [0.29, 0.717) is 0 Å². The van der Waals surface area contributed by atoms with Gasteiger partial charge < -0.3 is 5.32 Å². The van der Waals surface area contributed by atoms with Gasteiger partial charge in [0.25, 0.3) is 0 Å². The molecule has 1 aromatic heterocycles. The minimum Gasteiger partial charge on any atom is -0.316 e. The lowest BCUT2D eigenvalue weighted by Crippen LogP contribution is -2.26. The van der Waals surface area contributed by atoms with Crippen LogP contribution in [0.1, 0.15) is 38.2 Å². The zero-order chi connectivity index (χ0) is 12.1. The van der Waals surface area contributed by atoms with Crippen LogP contribution in [-0.2, 0) is 13.5 Å². The van der Waals surface area contributed by atoms with Gasteiger partial charge in [0.1, 0.15) is 0 Å². The van der Waals surface area contributed by atoms with Crippen LogP contribution >= 0.6 is 0 Å². The number of nitrogens with one attached hydrogen (secondary N) is 1. The molecule has 0 radical (unpaired) electrons. The van der Waals surface area contributed by atoms with Crippen molar-refractivity contribution in [2.75, 3.05) is 13.1 Å². The Hall–Kier alpha value is -0.830. The Morgan fingerprint density at radius 2 is 2.24 bits per heavy atom. The average molecular weight is 235 g/mol. The van der Waals surface area contributed by atoms with Crippen molar-refractivity contribution in [3.63, 3.8) is 0 Å². The minimum atomic E-state index is 0.864. The normalized spacial score (nSPS) is 24.4. The molecular weight excluding hydrogens is 210 g/mol. The molecule has 0 spiro atoms. The average Bonchev–Trinajstić information content (AvgIpc) is 2.90. The zero-order valence-corrected chi connectivity index (χ0v) is 11.2. The van der Waals surface area contributed by atoms with Crippen LogP contribution in [0.5, 0.6) is 0 Å². The van der Waals surface area contributed by atoms with Gasteiger partial charge in [-0.3, -0.25) is 4.68 Å². The maximum Gasteiger partial charge on any atom is 0.0521 e. The first-order valence-electron chi connectivity index (χ1n) is 6.98. The molecule has 2 rings (SSSR count). The van der Waals surface area contributed by atoms with Crippen molar-refractivity contribution in [2.24, 2.45) is 18.9 Å². The first-order chi connectivity index (χ1) is 8.29. The van der Waals surface area contributed by atoms with Crippen LogP contribution in [0, 0.1) is 11.8 Å². The maximum absolute atomic E-state index is 4.26. The topological polar surface area (TPSA) is 29.9 Å². The van der Waals surface area contributed by atoms with E-state index in [-0.39, 0.29) is 0 Å². The highest BCUT2D eigenvalue weighted by Gasteiger charge is 2.27. The third kappa shape index (κ3) is 3.56. The second-order valence-electron chi connectivity index (χ2n) is 5.38. The van der Waals surface area contributed by atoms with E-state index >= 15 is 0 Å². The second kappa shape index (κ2) is 6.20. The van der Waals surface area contributed by atoms with Gasteiger partial charge in [-0.05, 0) is 56.2 Å². The zero-order valence-electron chi connectivity index (χ0n) is 11.2. The summed E-state index contributed by atoms with van der Waals surface area (Å²) in [6, 6.07) is 0. The van der Waals surface area contributed by atoms with Crippen LogP contribution < -0.4 is 5.32 Å².